The summed E-state index contributed by atoms with van der Waals surface area (Å²) in [6, 6.07) is 0.491. The third-order valence-corrected chi connectivity index (χ3v) is 4.93. The predicted molar refractivity (Wildman–Crippen MR) is 63.8 cm³/mol. The molecule has 1 aliphatic rings. The largest absolute Gasteiger partial charge is 0.314 e. The first-order valence-corrected chi connectivity index (χ1v) is 7.65. The highest BCUT2D eigenvalue weighted by atomic mass is 32.2. The lowest BCUT2D eigenvalue weighted by Gasteiger charge is -2.17. The number of nitrogens with one attached hydrogen (secondary N) is 1. The summed E-state index contributed by atoms with van der Waals surface area (Å²) in [6.07, 6.45) is 3.21. The van der Waals surface area contributed by atoms with E-state index in [1.165, 1.54) is 12.8 Å². The molecule has 0 heterocycles. The predicted octanol–water partition coefficient (Wildman–Crippen LogP) is 1.59. The Morgan fingerprint density at radius 3 is 2.33 bits per heavy atom. The normalized spacial score (nSPS) is 19.5. The fraction of sp³-hybridized carbons (Fsp3) is 1.00. The fourth-order valence-electron chi connectivity index (χ4n) is 1.63. The van der Waals surface area contributed by atoms with Gasteiger partial charge in [-0.05, 0) is 24.7 Å². The Balaban J connectivity index is 2.32. The van der Waals surface area contributed by atoms with E-state index in [0.29, 0.717) is 17.2 Å². The zero-order valence-electron chi connectivity index (χ0n) is 10.0. The summed E-state index contributed by atoms with van der Waals surface area (Å²) in [7, 11) is -2.78. The zero-order chi connectivity index (χ0) is 11.5. The van der Waals surface area contributed by atoms with Gasteiger partial charge in [0.1, 0.15) is 9.84 Å². The minimum Gasteiger partial charge on any atom is -0.314 e. The lowest BCUT2D eigenvalue weighted by molar-refractivity contribution is 0.419. The highest BCUT2D eigenvalue weighted by molar-refractivity contribution is 7.91. The van der Waals surface area contributed by atoms with E-state index in [-0.39, 0.29) is 5.75 Å². The van der Waals surface area contributed by atoms with E-state index in [1.54, 1.807) is 6.92 Å². The molecule has 1 N–H and O–H groups in total. The average Bonchev–Trinajstić information content (AvgIpc) is 2.93. The van der Waals surface area contributed by atoms with Crippen LogP contribution in [0.5, 0.6) is 0 Å². The molecule has 0 bridgehead atoms. The van der Waals surface area contributed by atoms with Crippen LogP contribution in [0.1, 0.15) is 40.0 Å². The van der Waals surface area contributed by atoms with Gasteiger partial charge in [-0.25, -0.2) is 8.42 Å². The Hall–Kier alpha value is -0.0900. The number of rotatable bonds is 7. The zero-order valence-corrected chi connectivity index (χ0v) is 10.9. The van der Waals surface area contributed by atoms with E-state index in [0.717, 1.165) is 13.0 Å². The second-order valence-electron chi connectivity index (χ2n) is 5.02. The molecule has 0 saturated heterocycles. The monoisotopic (exact) mass is 233 g/mol. The quantitative estimate of drug-likeness (QED) is 0.726. The molecule has 90 valence electrons. The first-order valence-electron chi connectivity index (χ1n) is 5.83. The van der Waals surface area contributed by atoms with Gasteiger partial charge < -0.3 is 5.32 Å². The van der Waals surface area contributed by atoms with Gasteiger partial charge in [-0.1, -0.05) is 20.8 Å². The Morgan fingerprint density at radius 2 is 1.93 bits per heavy atom. The van der Waals surface area contributed by atoms with Crippen LogP contribution in [-0.2, 0) is 9.84 Å². The topological polar surface area (TPSA) is 46.2 Å². The van der Waals surface area contributed by atoms with E-state index in [2.05, 4.69) is 19.2 Å². The van der Waals surface area contributed by atoms with Crippen molar-refractivity contribution in [3.63, 3.8) is 0 Å². The van der Waals surface area contributed by atoms with E-state index in [9.17, 15) is 8.42 Å². The van der Waals surface area contributed by atoms with Gasteiger partial charge in [-0.2, -0.15) is 0 Å². The van der Waals surface area contributed by atoms with Crippen molar-refractivity contribution >= 4 is 9.84 Å². The molecule has 0 atom stereocenters. The summed E-state index contributed by atoms with van der Waals surface area (Å²) in [5.74, 6) is 0.643. The van der Waals surface area contributed by atoms with Crippen LogP contribution < -0.4 is 5.32 Å². The fourth-order valence-corrected chi connectivity index (χ4v) is 2.66. The van der Waals surface area contributed by atoms with Gasteiger partial charge in [0.05, 0.1) is 5.75 Å². The van der Waals surface area contributed by atoms with Gasteiger partial charge in [-0.15, -0.1) is 0 Å². The summed E-state index contributed by atoms with van der Waals surface area (Å²) in [6.45, 7) is 6.95. The average molecular weight is 233 g/mol. The highest BCUT2D eigenvalue weighted by Crippen LogP contribution is 2.48. The summed E-state index contributed by atoms with van der Waals surface area (Å²) < 4.78 is 22.8. The molecule has 0 amide bonds. The van der Waals surface area contributed by atoms with Crippen LogP contribution in [0.3, 0.4) is 0 Å². The second-order valence-corrected chi connectivity index (χ2v) is 7.49. The Bertz CT molecular complexity index is 292. The van der Waals surface area contributed by atoms with Crippen LogP contribution in [0.15, 0.2) is 0 Å². The van der Waals surface area contributed by atoms with Crippen molar-refractivity contribution in [2.45, 2.75) is 46.1 Å². The Labute approximate surface area is 93.6 Å². The maximum absolute atomic E-state index is 11.4. The molecule has 4 heteroatoms. The Kier molecular flexibility index (Phi) is 4.18. The molecule has 1 rings (SSSR count). The van der Waals surface area contributed by atoms with Crippen LogP contribution in [-0.4, -0.2) is 32.5 Å². The van der Waals surface area contributed by atoms with E-state index in [4.69, 9.17) is 0 Å². The van der Waals surface area contributed by atoms with Crippen molar-refractivity contribution in [3.8, 4) is 0 Å². The first-order chi connectivity index (χ1) is 6.89. The minimum atomic E-state index is -2.78. The second kappa shape index (κ2) is 4.83. The molecule has 0 aromatic rings. The molecular formula is C11H23NO2S. The van der Waals surface area contributed by atoms with Gasteiger partial charge >= 0.3 is 0 Å². The van der Waals surface area contributed by atoms with Crippen LogP contribution in [0.4, 0.5) is 0 Å². The third kappa shape index (κ3) is 4.51. The van der Waals surface area contributed by atoms with Gasteiger partial charge in [0, 0.05) is 18.3 Å². The van der Waals surface area contributed by atoms with Crippen molar-refractivity contribution in [1.29, 1.82) is 0 Å². The molecule has 0 radical (unpaired) electrons. The summed E-state index contributed by atoms with van der Waals surface area (Å²) in [4.78, 5) is 0. The molecule has 3 nitrogen and oxygen atoms in total. The maximum Gasteiger partial charge on any atom is 0.150 e. The Morgan fingerprint density at radius 1 is 1.33 bits per heavy atom. The van der Waals surface area contributed by atoms with Gasteiger partial charge in [0.2, 0.25) is 0 Å². The molecule has 0 aromatic carbocycles. The molecule has 1 saturated carbocycles. The van der Waals surface area contributed by atoms with E-state index < -0.39 is 9.84 Å². The lowest BCUT2D eigenvalue weighted by atomic mass is 10.0. The van der Waals surface area contributed by atoms with Gasteiger partial charge in [0.25, 0.3) is 0 Å². The molecule has 0 unspecified atom stereocenters. The van der Waals surface area contributed by atoms with Crippen molar-refractivity contribution in [2.24, 2.45) is 5.41 Å². The van der Waals surface area contributed by atoms with Crippen molar-refractivity contribution < 1.29 is 8.42 Å². The van der Waals surface area contributed by atoms with Crippen molar-refractivity contribution in [1.82, 2.24) is 5.32 Å². The molecule has 0 spiro atoms. The molecule has 1 fully saturated rings. The minimum absolute atomic E-state index is 0.278. The van der Waals surface area contributed by atoms with Crippen molar-refractivity contribution in [2.75, 3.05) is 18.1 Å². The van der Waals surface area contributed by atoms with Gasteiger partial charge in [0.15, 0.2) is 0 Å². The molecule has 1 aliphatic carbocycles. The lowest BCUT2D eigenvalue weighted by Crippen LogP contribution is -2.31. The number of sulfone groups is 1. The molecule has 15 heavy (non-hydrogen) atoms. The maximum atomic E-state index is 11.4. The van der Waals surface area contributed by atoms with E-state index >= 15 is 0 Å². The van der Waals surface area contributed by atoms with Gasteiger partial charge in [-0.3, -0.25) is 0 Å². The molecule has 0 aliphatic heterocycles. The van der Waals surface area contributed by atoms with Crippen LogP contribution in [0.25, 0.3) is 0 Å². The van der Waals surface area contributed by atoms with E-state index in [1.807, 2.05) is 0 Å². The van der Waals surface area contributed by atoms with Crippen molar-refractivity contribution in [3.05, 3.63) is 0 Å². The van der Waals surface area contributed by atoms with Crippen LogP contribution in [0.2, 0.25) is 0 Å². The summed E-state index contributed by atoms with van der Waals surface area (Å²) in [5, 5.41) is 3.41. The van der Waals surface area contributed by atoms with Crippen LogP contribution >= 0.6 is 0 Å². The van der Waals surface area contributed by atoms with Crippen LogP contribution in [0, 0.1) is 5.41 Å². The summed E-state index contributed by atoms with van der Waals surface area (Å²) >= 11 is 0. The number of hydrogen-bond donors (Lipinski definition) is 1. The third-order valence-electron chi connectivity index (χ3n) is 3.23. The molecule has 0 aromatic heterocycles. The first kappa shape index (κ1) is 13.0. The summed E-state index contributed by atoms with van der Waals surface area (Å²) in [5.41, 5.74) is 0.298. The standard InChI is InChI=1S/C11H23NO2S/c1-4-15(13,14)8-7-11(5-6-11)9-12-10(2)3/h10,12H,4-9H2,1-3H3. The number of hydrogen-bond acceptors (Lipinski definition) is 3. The molecular weight excluding hydrogens is 210 g/mol. The highest BCUT2D eigenvalue weighted by Gasteiger charge is 2.42. The SMILES string of the molecule is CCS(=O)(=O)CCC1(CNC(C)C)CC1. The smallest absolute Gasteiger partial charge is 0.150 e.